The lowest BCUT2D eigenvalue weighted by atomic mass is 10.1. The van der Waals surface area contributed by atoms with E-state index in [9.17, 15) is 9.90 Å². The first-order chi connectivity index (χ1) is 13.2. The molecule has 4 aromatic rings. The number of anilines is 1. The summed E-state index contributed by atoms with van der Waals surface area (Å²) in [5, 5.41) is 13.2. The molecule has 0 aliphatic carbocycles. The molecule has 0 saturated heterocycles. The zero-order valence-electron chi connectivity index (χ0n) is 14.3. The fourth-order valence-electron chi connectivity index (χ4n) is 2.78. The van der Waals surface area contributed by atoms with Crippen molar-refractivity contribution in [3.05, 3.63) is 90.5 Å². The van der Waals surface area contributed by atoms with Crippen LogP contribution in [0.5, 0.6) is 5.75 Å². The van der Waals surface area contributed by atoms with Gasteiger partial charge in [0.1, 0.15) is 5.75 Å². The lowest BCUT2D eigenvalue weighted by Crippen LogP contribution is -2.11. The van der Waals surface area contributed by atoms with E-state index in [1.165, 1.54) is 17.4 Å². The zero-order chi connectivity index (χ0) is 18.6. The van der Waals surface area contributed by atoms with Gasteiger partial charge in [0.15, 0.2) is 5.13 Å². The van der Waals surface area contributed by atoms with Crippen molar-refractivity contribution in [2.45, 2.75) is 0 Å². The predicted molar refractivity (Wildman–Crippen MR) is 109 cm³/mol. The summed E-state index contributed by atoms with van der Waals surface area (Å²) in [6.45, 7) is 0. The topological polar surface area (TPSA) is 62.2 Å². The van der Waals surface area contributed by atoms with Gasteiger partial charge in [0.25, 0.3) is 5.91 Å². The first-order valence-corrected chi connectivity index (χ1v) is 9.25. The molecule has 4 rings (SSSR count). The minimum Gasteiger partial charge on any atom is -0.507 e. The highest BCUT2D eigenvalue weighted by Crippen LogP contribution is 2.39. The average Bonchev–Trinajstić information content (AvgIpc) is 3.13. The third-order valence-corrected chi connectivity index (χ3v) is 5.10. The van der Waals surface area contributed by atoms with Crippen LogP contribution in [0.4, 0.5) is 5.13 Å². The molecule has 0 aliphatic heterocycles. The van der Waals surface area contributed by atoms with Gasteiger partial charge in [-0.15, -0.1) is 0 Å². The van der Waals surface area contributed by atoms with E-state index in [4.69, 9.17) is 0 Å². The maximum absolute atomic E-state index is 12.5. The van der Waals surface area contributed by atoms with Crippen LogP contribution >= 0.6 is 11.3 Å². The van der Waals surface area contributed by atoms with E-state index in [0.717, 1.165) is 21.7 Å². The molecule has 5 heteroatoms. The van der Waals surface area contributed by atoms with Crippen molar-refractivity contribution in [1.29, 1.82) is 0 Å². The highest BCUT2D eigenvalue weighted by Gasteiger charge is 2.18. The molecule has 1 amide bonds. The van der Waals surface area contributed by atoms with E-state index in [1.807, 2.05) is 60.7 Å². The summed E-state index contributed by atoms with van der Waals surface area (Å²) < 4.78 is 0. The van der Waals surface area contributed by atoms with Crippen molar-refractivity contribution in [3.63, 3.8) is 0 Å². The van der Waals surface area contributed by atoms with Crippen LogP contribution in [0.3, 0.4) is 0 Å². The Morgan fingerprint density at radius 1 is 0.815 bits per heavy atom. The van der Waals surface area contributed by atoms with Crippen molar-refractivity contribution in [1.82, 2.24) is 4.98 Å². The Hall–Kier alpha value is -3.44. The van der Waals surface area contributed by atoms with Crippen LogP contribution in [0, 0.1) is 0 Å². The van der Waals surface area contributed by atoms with Gasteiger partial charge in [0, 0.05) is 5.56 Å². The number of phenolic OH excluding ortho intramolecular Hbond substituents is 1. The van der Waals surface area contributed by atoms with Crippen LogP contribution in [0.25, 0.3) is 21.7 Å². The molecule has 4 nitrogen and oxygen atoms in total. The van der Waals surface area contributed by atoms with Gasteiger partial charge in [0.05, 0.1) is 16.1 Å². The van der Waals surface area contributed by atoms with Crippen molar-refractivity contribution < 1.29 is 9.90 Å². The molecule has 0 unspecified atom stereocenters. The Morgan fingerprint density at radius 3 is 2.07 bits per heavy atom. The maximum atomic E-state index is 12.5. The van der Waals surface area contributed by atoms with Gasteiger partial charge in [-0.1, -0.05) is 84.1 Å². The van der Waals surface area contributed by atoms with Crippen molar-refractivity contribution in [2.24, 2.45) is 0 Å². The number of amides is 1. The molecule has 0 spiro atoms. The van der Waals surface area contributed by atoms with E-state index in [0.29, 0.717) is 5.13 Å². The first-order valence-electron chi connectivity index (χ1n) is 8.43. The van der Waals surface area contributed by atoms with Gasteiger partial charge < -0.3 is 5.11 Å². The molecular formula is C22H16N2O2S. The SMILES string of the molecule is O=C(Nc1nc(-c2ccccc2)c(-c2ccccc2)s1)c1ccccc1O. The molecular weight excluding hydrogens is 356 g/mol. The number of carbonyl (C=O) groups is 1. The third kappa shape index (κ3) is 3.59. The van der Waals surface area contributed by atoms with E-state index < -0.39 is 0 Å². The number of nitrogens with one attached hydrogen (secondary N) is 1. The lowest BCUT2D eigenvalue weighted by molar-refractivity contribution is 0.102. The second-order valence-corrected chi connectivity index (χ2v) is 6.90. The third-order valence-electron chi connectivity index (χ3n) is 4.08. The van der Waals surface area contributed by atoms with E-state index in [-0.39, 0.29) is 17.2 Å². The monoisotopic (exact) mass is 372 g/mol. The second kappa shape index (κ2) is 7.43. The molecule has 0 fully saturated rings. The van der Waals surface area contributed by atoms with Crippen LogP contribution in [-0.2, 0) is 0 Å². The molecule has 1 heterocycles. The van der Waals surface area contributed by atoms with Crippen LogP contribution in [-0.4, -0.2) is 16.0 Å². The van der Waals surface area contributed by atoms with E-state index >= 15 is 0 Å². The van der Waals surface area contributed by atoms with Crippen LogP contribution in [0.2, 0.25) is 0 Å². The predicted octanol–water partition coefficient (Wildman–Crippen LogP) is 5.44. The summed E-state index contributed by atoms with van der Waals surface area (Å²) >= 11 is 1.41. The van der Waals surface area contributed by atoms with E-state index in [2.05, 4.69) is 10.3 Å². The fraction of sp³-hybridized carbons (Fsp3) is 0. The number of thiazole rings is 1. The van der Waals surface area contributed by atoms with Crippen LogP contribution in [0.1, 0.15) is 10.4 Å². The Labute approximate surface area is 160 Å². The summed E-state index contributed by atoms with van der Waals surface area (Å²) in [4.78, 5) is 18.2. The maximum Gasteiger partial charge on any atom is 0.261 e. The zero-order valence-corrected chi connectivity index (χ0v) is 15.1. The molecule has 0 saturated carbocycles. The first kappa shape index (κ1) is 17.0. The number of benzene rings is 3. The number of hydrogen-bond donors (Lipinski definition) is 2. The number of nitrogens with zero attached hydrogens (tertiary/aromatic N) is 1. The van der Waals surface area contributed by atoms with Gasteiger partial charge in [-0.05, 0) is 17.7 Å². The number of hydrogen-bond acceptors (Lipinski definition) is 4. The Balaban J connectivity index is 1.74. The molecule has 3 aromatic carbocycles. The van der Waals surface area contributed by atoms with Crippen molar-refractivity contribution in [2.75, 3.05) is 5.32 Å². The summed E-state index contributed by atoms with van der Waals surface area (Å²) in [5.74, 6) is -0.445. The Morgan fingerprint density at radius 2 is 1.41 bits per heavy atom. The van der Waals surface area contributed by atoms with Gasteiger partial charge in [-0.2, -0.15) is 0 Å². The molecule has 0 atom stereocenters. The number of para-hydroxylation sites is 1. The number of aromatic nitrogens is 1. The minimum absolute atomic E-state index is 0.0573. The molecule has 1 aromatic heterocycles. The number of rotatable bonds is 4. The molecule has 2 N–H and O–H groups in total. The lowest BCUT2D eigenvalue weighted by Gasteiger charge is -2.03. The second-order valence-electron chi connectivity index (χ2n) is 5.90. The number of phenols is 1. The van der Waals surface area contributed by atoms with Gasteiger partial charge >= 0.3 is 0 Å². The molecule has 0 bridgehead atoms. The van der Waals surface area contributed by atoms with Gasteiger partial charge in [0.2, 0.25) is 0 Å². The summed E-state index contributed by atoms with van der Waals surface area (Å²) in [5.41, 5.74) is 3.06. The fourth-order valence-corrected chi connectivity index (χ4v) is 3.77. The molecule has 0 aliphatic rings. The van der Waals surface area contributed by atoms with Gasteiger partial charge in [-0.3, -0.25) is 10.1 Å². The summed E-state index contributed by atoms with van der Waals surface area (Å²) in [7, 11) is 0. The number of aromatic hydroxyl groups is 1. The minimum atomic E-state index is -0.388. The van der Waals surface area contributed by atoms with Crippen LogP contribution in [0.15, 0.2) is 84.9 Å². The molecule has 132 valence electrons. The average molecular weight is 372 g/mol. The Bertz CT molecular complexity index is 1020. The highest BCUT2D eigenvalue weighted by atomic mass is 32.1. The van der Waals surface area contributed by atoms with Crippen LogP contribution < -0.4 is 5.32 Å². The highest BCUT2D eigenvalue weighted by molar-refractivity contribution is 7.19. The standard InChI is InChI=1S/C22H16N2O2S/c25-18-14-8-7-13-17(18)21(26)24-22-23-19(15-9-3-1-4-10-15)20(27-22)16-11-5-2-6-12-16/h1-14,25H,(H,23,24,26). The van der Waals surface area contributed by atoms with E-state index in [1.54, 1.807) is 18.2 Å². The normalized spacial score (nSPS) is 10.5. The largest absolute Gasteiger partial charge is 0.507 e. The molecule has 27 heavy (non-hydrogen) atoms. The smallest absolute Gasteiger partial charge is 0.261 e. The summed E-state index contributed by atoms with van der Waals surface area (Å²) in [6.07, 6.45) is 0. The Kier molecular flexibility index (Phi) is 4.68. The van der Waals surface area contributed by atoms with Crippen molar-refractivity contribution >= 4 is 22.4 Å². The summed E-state index contributed by atoms with van der Waals surface area (Å²) in [6, 6.07) is 26.3. The quantitative estimate of drug-likeness (QED) is 0.502. The number of carbonyl (C=O) groups excluding carboxylic acids is 1. The van der Waals surface area contributed by atoms with Crippen molar-refractivity contribution in [3.8, 4) is 27.4 Å². The molecule has 0 radical (unpaired) electrons. The van der Waals surface area contributed by atoms with Gasteiger partial charge in [-0.25, -0.2) is 4.98 Å².